The Morgan fingerprint density at radius 3 is 2.52 bits per heavy atom. The van der Waals surface area contributed by atoms with Gasteiger partial charge >= 0.3 is 0 Å². The van der Waals surface area contributed by atoms with E-state index in [1.807, 2.05) is 13.8 Å². The summed E-state index contributed by atoms with van der Waals surface area (Å²) < 4.78 is 3.17. The number of aromatic nitrogens is 4. The molecule has 0 atom stereocenters. The summed E-state index contributed by atoms with van der Waals surface area (Å²) in [4.78, 5) is 23.7. The molecule has 2 aromatic heterocycles. The van der Waals surface area contributed by atoms with E-state index in [0.717, 1.165) is 5.69 Å². The predicted molar refractivity (Wildman–Crippen MR) is 77.1 cm³/mol. The SMILES string of the molecule is CCn1nc(C)c(C(=O)Nc2cn(C)nc2C(N)=O)c1C. The number of carbonyl (C=O) groups excluding carboxylic acids is 2. The summed E-state index contributed by atoms with van der Waals surface area (Å²) >= 11 is 0. The summed E-state index contributed by atoms with van der Waals surface area (Å²) in [5, 5.41) is 10.9. The Kier molecular flexibility index (Phi) is 3.79. The van der Waals surface area contributed by atoms with Crippen molar-refractivity contribution in [3.63, 3.8) is 0 Å². The van der Waals surface area contributed by atoms with Crippen LogP contribution < -0.4 is 11.1 Å². The van der Waals surface area contributed by atoms with Crippen LogP contribution in [0.15, 0.2) is 6.20 Å². The Morgan fingerprint density at radius 2 is 2.00 bits per heavy atom. The molecule has 0 unspecified atom stereocenters. The van der Waals surface area contributed by atoms with Crippen molar-refractivity contribution in [1.29, 1.82) is 0 Å². The molecule has 2 heterocycles. The molecule has 2 rings (SSSR count). The van der Waals surface area contributed by atoms with Crippen LogP contribution in [0.5, 0.6) is 0 Å². The fourth-order valence-corrected chi connectivity index (χ4v) is 2.28. The molecule has 0 bridgehead atoms. The van der Waals surface area contributed by atoms with Gasteiger partial charge in [-0.15, -0.1) is 0 Å². The van der Waals surface area contributed by atoms with Crippen LogP contribution >= 0.6 is 0 Å². The molecule has 3 N–H and O–H groups in total. The maximum Gasteiger partial charge on any atom is 0.271 e. The number of aryl methyl sites for hydroxylation is 3. The van der Waals surface area contributed by atoms with Gasteiger partial charge in [0, 0.05) is 25.5 Å². The summed E-state index contributed by atoms with van der Waals surface area (Å²) in [5.41, 5.74) is 7.47. The lowest BCUT2D eigenvalue weighted by atomic mass is 10.2. The van der Waals surface area contributed by atoms with E-state index in [9.17, 15) is 9.59 Å². The molecule has 21 heavy (non-hydrogen) atoms. The molecule has 0 saturated heterocycles. The first-order valence-electron chi connectivity index (χ1n) is 6.54. The molecule has 0 saturated carbocycles. The maximum absolute atomic E-state index is 12.4. The standard InChI is InChI=1S/C13H18N6O2/c1-5-19-8(3)10(7(2)16-19)13(21)15-9-6-18(4)17-11(9)12(14)20/h6H,5H2,1-4H3,(H2,14,20)(H,15,21). The fraction of sp³-hybridized carbons (Fsp3) is 0.385. The van der Waals surface area contributed by atoms with Crippen molar-refractivity contribution < 1.29 is 9.59 Å². The van der Waals surface area contributed by atoms with Gasteiger partial charge in [-0.3, -0.25) is 19.0 Å². The number of nitrogens with one attached hydrogen (secondary N) is 1. The number of nitrogens with two attached hydrogens (primary N) is 1. The molecule has 0 aliphatic rings. The van der Waals surface area contributed by atoms with Gasteiger partial charge in [-0.05, 0) is 20.8 Å². The minimum absolute atomic E-state index is 0.0315. The molecule has 0 spiro atoms. The highest BCUT2D eigenvalue weighted by Gasteiger charge is 2.21. The van der Waals surface area contributed by atoms with E-state index >= 15 is 0 Å². The van der Waals surface area contributed by atoms with Gasteiger partial charge in [0.2, 0.25) is 0 Å². The van der Waals surface area contributed by atoms with Gasteiger partial charge in [0.05, 0.1) is 16.9 Å². The van der Waals surface area contributed by atoms with Crippen LogP contribution in [0.4, 0.5) is 5.69 Å². The van der Waals surface area contributed by atoms with E-state index in [-0.39, 0.29) is 17.3 Å². The van der Waals surface area contributed by atoms with E-state index in [2.05, 4.69) is 15.5 Å². The molecule has 0 aromatic carbocycles. The third kappa shape index (κ3) is 2.64. The van der Waals surface area contributed by atoms with Crippen LogP contribution in [0.2, 0.25) is 0 Å². The molecule has 2 amide bonds. The second-order valence-electron chi connectivity index (χ2n) is 4.75. The Labute approximate surface area is 121 Å². The van der Waals surface area contributed by atoms with Crippen LogP contribution in [0.3, 0.4) is 0 Å². The number of nitrogens with zero attached hydrogens (tertiary/aromatic N) is 4. The number of primary amides is 1. The average molecular weight is 290 g/mol. The first kappa shape index (κ1) is 14.8. The van der Waals surface area contributed by atoms with Crippen molar-refractivity contribution in [2.75, 3.05) is 5.32 Å². The number of hydrogen-bond acceptors (Lipinski definition) is 4. The minimum Gasteiger partial charge on any atom is -0.364 e. The Hall–Kier alpha value is -2.64. The summed E-state index contributed by atoms with van der Waals surface area (Å²) in [7, 11) is 1.65. The Bertz CT molecular complexity index is 713. The number of anilines is 1. The summed E-state index contributed by atoms with van der Waals surface area (Å²) in [6.45, 7) is 6.23. The molecule has 112 valence electrons. The summed E-state index contributed by atoms with van der Waals surface area (Å²) in [5.74, 6) is -1.02. The molecule has 0 fully saturated rings. The van der Waals surface area contributed by atoms with Crippen LogP contribution in [0.25, 0.3) is 0 Å². The highest BCUT2D eigenvalue weighted by molar-refractivity contribution is 6.09. The number of carbonyl (C=O) groups is 2. The Balaban J connectivity index is 2.35. The van der Waals surface area contributed by atoms with Crippen molar-refractivity contribution >= 4 is 17.5 Å². The monoisotopic (exact) mass is 290 g/mol. The Morgan fingerprint density at radius 1 is 1.33 bits per heavy atom. The molecular formula is C13H18N6O2. The van der Waals surface area contributed by atoms with Crippen molar-refractivity contribution in [3.05, 3.63) is 28.8 Å². The van der Waals surface area contributed by atoms with Gasteiger partial charge in [0.15, 0.2) is 5.69 Å². The minimum atomic E-state index is -0.691. The third-order valence-corrected chi connectivity index (χ3v) is 3.22. The quantitative estimate of drug-likeness (QED) is 0.859. The van der Waals surface area contributed by atoms with E-state index in [4.69, 9.17) is 5.73 Å². The molecule has 0 radical (unpaired) electrons. The second kappa shape index (κ2) is 5.39. The largest absolute Gasteiger partial charge is 0.364 e. The predicted octanol–water partition coefficient (Wildman–Crippen LogP) is 0.605. The zero-order valence-corrected chi connectivity index (χ0v) is 12.5. The van der Waals surface area contributed by atoms with Crippen molar-refractivity contribution in [3.8, 4) is 0 Å². The second-order valence-corrected chi connectivity index (χ2v) is 4.75. The zero-order chi connectivity index (χ0) is 15.7. The topological polar surface area (TPSA) is 108 Å². The van der Waals surface area contributed by atoms with Gasteiger partial charge in [0.25, 0.3) is 11.8 Å². The average Bonchev–Trinajstić information content (AvgIpc) is 2.89. The van der Waals surface area contributed by atoms with Crippen LogP contribution in [0, 0.1) is 13.8 Å². The molecule has 0 aliphatic carbocycles. The number of hydrogen-bond donors (Lipinski definition) is 2. The van der Waals surface area contributed by atoms with Gasteiger partial charge in [-0.25, -0.2) is 0 Å². The first-order valence-corrected chi connectivity index (χ1v) is 6.54. The van der Waals surface area contributed by atoms with Gasteiger partial charge in [0.1, 0.15) is 0 Å². The highest BCUT2D eigenvalue weighted by atomic mass is 16.2. The molecule has 8 nitrogen and oxygen atoms in total. The summed E-state index contributed by atoms with van der Waals surface area (Å²) in [6.07, 6.45) is 1.53. The van der Waals surface area contributed by atoms with E-state index in [0.29, 0.717) is 17.8 Å². The van der Waals surface area contributed by atoms with Crippen LogP contribution in [-0.4, -0.2) is 31.4 Å². The lowest BCUT2D eigenvalue weighted by Crippen LogP contribution is -2.18. The van der Waals surface area contributed by atoms with Crippen LogP contribution in [0.1, 0.15) is 39.2 Å². The normalized spacial score (nSPS) is 10.7. The van der Waals surface area contributed by atoms with Gasteiger partial charge in [-0.2, -0.15) is 10.2 Å². The van der Waals surface area contributed by atoms with E-state index < -0.39 is 5.91 Å². The van der Waals surface area contributed by atoms with Crippen molar-refractivity contribution in [2.45, 2.75) is 27.3 Å². The zero-order valence-electron chi connectivity index (χ0n) is 12.5. The lowest BCUT2D eigenvalue weighted by molar-refractivity contribution is 0.0995. The first-order chi connectivity index (χ1) is 9.85. The van der Waals surface area contributed by atoms with E-state index in [1.165, 1.54) is 10.9 Å². The van der Waals surface area contributed by atoms with Crippen molar-refractivity contribution in [2.24, 2.45) is 12.8 Å². The molecule has 0 aliphatic heterocycles. The highest BCUT2D eigenvalue weighted by Crippen LogP contribution is 2.18. The third-order valence-electron chi connectivity index (χ3n) is 3.22. The van der Waals surface area contributed by atoms with Gasteiger partial charge in [-0.1, -0.05) is 0 Å². The van der Waals surface area contributed by atoms with E-state index in [1.54, 1.807) is 18.7 Å². The summed E-state index contributed by atoms with van der Waals surface area (Å²) in [6, 6.07) is 0. The molecule has 2 aromatic rings. The smallest absolute Gasteiger partial charge is 0.271 e. The van der Waals surface area contributed by atoms with Gasteiger partial charge < -0.3 is 11.1 Å². The van der Waals surface area contributed by atoms with Crippen LogP contribution in [-0.2, 0) is 13.6 Å². The number of amides is 2. The van der Waals surface area contributed by atoms with Crippen molar-refractivity contribution in [1.82, 2.24) is 19.6 Å². The molecule has 8 heteroatoms. The molecular weight excluding hydrogens is 272 g/mol. The fourth-order valence-electron chi connectivity index (χ4n) is 2.28. The maximum atomic E-state index is 12.4. The number of rotatable bonds is 4. The lowest BCUT2D eigenvalue weighted by Gasteiger charge is -2.05.